The van der Waals surface area contributed by atoms with E-state index in [1.54, 1.807) is 13.3 Å². The lowest BCUT2D eigenvalue weighted by atomic mass is 10.2. The minimum atomic E-state index is 0.462. The lowest BCUT2D eigenvalue weighted by Crippen LogP contribution is -2.28. The largest absolute Gasteiger partial charge is 0.364 e. The van der Waals surface area contributed by atoms with Crippen LogP contribution in [0.3, 0.4) is 0 Å². The molecule has 0 aliphatic rings. The number of rotatable bonds is 3. The average molecular weight is 252 g/mol. The van der Waals surface area contributed by atoms with Crippen LogP contribution in [0.1, 0.15) is 36.8 Å². The molecule has 0 aromatic carbocycles. The molecular formula is C12H20N4S. The van der Waals surface area contributed by atoms with E-state index in [0.29, 0.717) is 11.2 Å². The van der Waals surface area contributed by atoms with Gasteiger partial charge in [0.15, 0.2) is 5.11 Å². The van der Waals surface area contributed by atoms with Crippen LogP contribution in [0, 0.1) is 13.8 Å². The molecule has 94 valence electrons. The standard InChI is InChI=1S/C12H20N4S/c1-8(2)16-9(3)6-11(10(16)4)7-14-15-12(17)13-5/h6-8H,1-5H3,(H2,13,15,17)/b14-7-. The highest BCUT2D eigenvalue weighted by Crippen LogP contribution is 2.18. The molecule has 0 saturated carbocycles. The molecule has 0 fully saturated rings. The highest BCUT2D eigenvalue weighted by Gasteiger charge is 2.09. The molecule has 0 saturated heterocycles. The molecular weight excluding hydrogens is 232 g/mol. The predicted octanol–water partition coefficient (Wildman–Crippen LogP) is 2.11. The minimum absolute atomic E-state index is 0.462. The first-order valence-corrected chi connectivity index (χ1v) is 6.07. The van der Waals surface area contributed by atoms with E-state index in [9.17, 15) is 0 Å². The van der Waals surface area contributed by atoms with E-state index in [1.165, 1.54) is 11.4 Å². The monoisotopic (exact) mass is 252 g/mol. The Balaban J connectivity index is 2.86. The Kier molecular flexibility index (Phi) is 4.69. The Bertz CT molecular complexity index is 432. The van der Waals surface area contributed by atoms with Crippen molar-refractivity contribution in [3.8, 4) is 0 Å². The van der Waals surface area contributed by atoms with Crippen molar-refractivity contribution in [1.29, 1.82) is 0 Å². The topological polar surface area (TPSA) is 41.4 Å². The van der Waals surface area contributed by atoms with Gasteiger partial charge in [0.2, 0.25) is 0 Å². The second kappa shape index (κ2) is 5.82. The first kappa shape index (κ1) is 13.7. The zero-order valence-electron chi connectivity index (χ0n) is 11.0. The van der Waals surface area contributed by atoms with Crippen LogP contribution >= 0.6 is 12.2 Å². The van der Waals surface area contributed by atoms with E-state index >= 15 is 0 Å². The normalized spacial score (nSPS) is 11.2. The summed E-state index contributed by atoms with van der Waals surface area (Å²) in [5, 5.41) is 7.41. The van der Waals surface area contributed by atoms with Crippen molar-refractivity contribution < 1.29 is 0 Å². The van der Waals surface area contributed by atoms with Crippen molar-refractivity contribution in [2.24, 2.45) is 5.10 Å². The third-order valence-electron chi connectivity index (χ3n) is 2.64. The lowest BCUT2D eigenvalue weighted by Gasteiger charge is -2.13. The van der Waals surface area contributed by atoms with E-state index in [1.807, 2.05) is 0 Å². The quantitative estimate of drug-likeness (QED) is 0.492. The molecule has 0 atom stereocenters. The Labute approximate surface area is 108 Å². The molecule has 0 aliphatic carbocycles. The third kappa shape index (κ3) is 3.30. The molecule has 5 heteroatoms. The van der Waals surface area contributed by atoms with Gasteiger partial charge in [-0.05, 0) is 46.0 Å². The molecule has 1 heterocycles. The lowest BCUT2D eigenvalue weighted by molar-refractivity contribution is 0.574. The Hall–Kier alpha value is -1.36. The number of hydrazone groups is 1. The van der Waals surface area contributed by atoms with Crippen LogP contribution in [0.5, 0.6) is 0 Å². The SMILES string of the molecule is CNC(=S)N/N=C\c1cc(C)n(C(C)C)c1C. The number of aryl methyl sites for hydroxylation is 1. The molecule has 0 amide bonds. The summed E-state index contributed by atoms with van der Waals surface area (Å²) in [5.74, 6) is 0. The van der Waals surface area contributed by atoms with Gasteiger partial charge in [-0.2, -0.15) is 5.10 Å². The number of hydrogen-bond acceptors (Lipinski definition) is 2. The van der Waals surface area contributed by atoms with Crippen molar-refractivity contribution in [3.05, 3.63) is 23.0 Å². The Morgan fingerprint density at radius 2 is 2.12 bits per heavy atom. The summed E-state index contributed by atoms with van der Waals surface area (Å²) in [4.78, 5) is 0. The number of thiocarbonyl (C=S) groups is 1. The van der Waals surface area contributed by atoms with Gasteiger partial charge >= 0.3 is 0 Å². The van der Waals surface area contributed by atoms with Crippen LogP contribution in [0.25, 0.3) is 0 Å². The molecule has 4 nitrogen and oxygen atoms in total. The van der Waals surface area contributed by atoms with Crippen molar-refractivity contribution >= 4 is 23.5 Å². The van der Waals surface area contributed by atoms with Crippen molar-refractivity contribution in [3.63, 3.8) is 0 Å². The summed E-state index contributed by atoms with van der Waals surface area (Å²) in [7, 11) is 1.76. The van der Waals surface area contributed by atoms with Crippen LogP contribution in [0.15, 0.2) is 11.2 Å². The van der Waals surface area contributed by atoms with Gasteiger partial charge in [-0.3, -0.25) is 5.43 Å². The fourth-order valence-corrected chi connectivity index (χ4v) is 2.00. The second-order valence-corrected chi connectivity index (χ2v) is 4.65. The number of hydrogen-bond donors (Lipinski definition) is 2. The van der Waals surface area contributed by atoms with Crippen molar-refractivity contribution in [2.45, 2.75) is 33.7 Å². The summed E-state index contributed by atoms with van der Waals surface area (Å²) in [6, 6.07) is 2.59. The highest BCUT2D eigenvalue weighted by molar-refractivity contribution is 7.80. The Morgan fingerprint density at radius 3 is 2.59 bits per heavy atom. The van der Waals surface area contributed by atoms with Gasteiger partial charge < -0.3 is 9.88 Å². The van der Waals surface area contributed by atoms with Gasteiger partial charge in [-0.25, -0.2) is 0 Å². The van der Waals surface area contributed by atoms with Gasteiger partial charge in [-0.15, -0.1) is 0 Å². The van der Waals surface area contributed by atoms with Gasteiger partial charge in [-0.1, -0.05) is 0 Å². The molecule has 17 heavy (non-hydrogen) atoms. The Morgan fingerprint density at radius 1 is 1.47 bits per heavy atom. The van der Waals surface area contributed by atoms with E-state index < -0.39 is 0 Å². The van der Waals surface area contributed by atoms with Gasteiger partial charge in [0.25, 0.3) is 0 Å². The molecule has 2 N–H and O–H groups in total. The maximum atomic E-state index is 4.93. The second-order valence-electron chi connectivity index (χ2n) is 4.24. The van der Waals surface area contributed by atoms with E-state index in [-0.39, 0.29) is 0 Å². The maximum Gasteiger partial charge on any atom is 0.186 e. The fourth-order valence-electron chi connectivity index (χ4n) is 1.94. The molecule has 1 rings (SSSR count). The molecule has 0 spiro atoms. The highest BCUT2D eigenvalue weighted by atomic mass is 32.1. The van der Waals surface area contributed by atoms with Crippen LogP contribution < -0.4 is 10.7 Å². The van der Waals surface area contributed by atoms with Crippen LogP contribution in [0.4, 0.5) is 0 Å². The smallest absolute Gasteiger partial charge is 0.186 e. The average Bonchev–Trinajstić information content (AvgIpc) is 2.53. The molecule has 0 unspecified atom stereocenters. The summed E-state index contributed by atoms with van der Waals surface area (Å²) < 4.78 is 2.29. The molecule has 0 radical (unpaired) electrons. The molecule has 0 aliphatic heterocycles. The molecule has 1 aromatic heterocycles. The van der Waals surface area contributed by atoms with Crippen molar-refractivity contribution in [1.82, 2.24) is 15.3 Å². The summed E-state index contributed by atoms with van der Waals surface area (Å²) in [5.41, 5.74) is 6.33. The predicted molar refractivity (Wildman–Crippen MR) is 76.7 cm³/mol. The number of nitrogens with zero attached hydrogens (tertiary/aromatic N) is 2. The first-order chi connectivity index (χ1) is 7.97. The zero-order valence-corrected chi connectivity index (χ0v) is 11.9. The summed E-state index contributed by atoms with van der Waals surface area (Å²) >= 11 is 4.93. The first-order valence-electron chi connectivity index (χ1n) is 5.66. The minimum Gasteiger partial charge on any atom is -0.364 e. The summed E-state index contributed by atoms with van der Waals surface area (Å²) in [6.07, 6.45) is 1.80. The fraction of sp³-hybridized carbons (Fsp3) is 0.500. The van der Waals surface area contributed by atoms with Crippen molar-refractivity contribution in [2.75, 3.05) is 7.05 Å². The van der Waals surface area contributed by atoms with E-state index in [2.05, 4.69) is 54.2 Å². The summed E-state index contributed by atoms with van der Waals surface area (Å²) in [6.45, 7) is 8.56. The third-order valence-corrected chi connectivity index (χ3v) is 2.93. The van der Waals surface area contributed by atoms with E-state index in [4.69, 9.17) is 12.2 Å². The van der Waals surface area contributed by atoms with Crippen LogP contribution in [-0.2, 0) is 0 Å². The number of nitrogens with one attached hydrogen (secondary N) is 2. The molecule has 0 bridgehead atoms. The molecule has 1 aromatic rings. The maximum absolute atomic E-state index is 4.93. The van der Waals surface area contributed by atoms with Crippen LogP contribution in [0.2, 0.25) is 0 Å². The van der Waals surface area contributed by atoms with Gasteiger partial charge in [0, 0.05) is 30.0 Å². The van der Waals surface area contributed by atoms with Crippen LogP contribution in [-0.4, -0.2) is 22.9 Å². The van der Waals surface area contributed by atoms with Gasteiger partial charge in [0.1, 0.15) is 0 Å². The zero-order chi connectivity index (χ0) is 13.0. The van der Waals surface area contributed by atoms with Gasteiger partial charge in [0.05, 0.1) is 6.21 Å². The number of aromatic nitrogens is 1. The van der Waals surface area contributed by atoms with E-state index in [0.717, 1.165) is 5.56 Å².